The molecule has 0 saturated heterocycles. The van der Waals surface area contributed by atoms with Crippen LogP contribution in [0.5, 0.6) is 0 Å². The van der Waals surface area contributed by atoms with E-state index < -0.39 is 17.4 Å². The molecule has 0 aliphatic carbocycles. The van der Waals surface area contributed by atoms with E-state index in [-0.39, 0.29) is 17.9 Å². The Morgan fingerprint density at radius 3 is 2.68 bits per heavy atom. The van der Waals surface area contributed by atoms with Crippen LogP contribution >= 0.6 is 11.6 Å². The van der Waals surface area contributed by atoms with Crippen LogP contribution in [0.15, 0.2) is 62.7 Å². The number of hydrogen-bond acceptors (Lipinski definition) is 5. The molecule has 0 atom stereocenters. The van der Waals surface area contributed by atoms with Gasteiger partial charge in [-0.15, -0.1) is 0 Å². The first-order valence-corrected chi connectivity index (χ1v) is 8.72. The molecule has 3 aromatic rings. The van der Waals surface area contributed by atoms with E-state index in [0.29, 0.717) is 33.0 Å². The average Bonchev–Trinajstić information content (AvgIpc) is 2.83. The minimum atomic E-state index is -0.819. The van der Waals surface area contributed by atoms with Crippen LogP contribution in [0.3, 0.4) is 0 Å². The van der Waals surface area contributed by atoms with Crippen molar-refractivity contribution in [3.05, 3.63) is 92.0 Å². The fraction of sp³-hybridized carbons (Fsp3) is 0.0952. The van der Waals surface area contributed by atoms with Gasteiger partial charge in [-0.3, -0.25) is 4.99 Å². The van der Waals surface area contributed by atoms with Gasteiger partial charge in [0.25, 0.3) is 0 Å². The highest BCUT2D eigenvalue weighted by Gasteiger charge is 2.25. The number of rotatable bonds is 2. The van der Waals surface area contributed by atoms with Gasteiger partial charge in [-0.05, 0) is 36.4 Å². The molecule has 0 spiro atoms. The Balaban J connectivity index is 2.00. The van der Waals surface area contributed by atoms with Crippen molar-refractivity contribution in [2.45, 2.75) is 6.54 Å². The third-order valence-corrected chi connectivity index (χ3v) is 4.68. The van der Waals surface area contributed by atoms with Gasteiger partial charge in [0.1, 0.15) is 17.1 Å². The molecule has 0 fully saturated rings. The van der Waals surface area contributed by atoms with Crippen molar-refractivity contribution in [2.75, 3.05) is 7.11 Å². The van der Waals surface area contributed by atoms with Crippen molar-refractivity contribution >= 4 is 23.3 Å². The van der Waals surface area contributed by atoms with Crippen LogP contribution in [0, 0.1) is 5.82 Å². The number of nitrogens with zero attached hydrogens (tertiary/aromatic N) is 1. The maximum atomic E-state index is 14.5. The Morgan fingerprint density at radius 2 is 1.93 bits per heavy atom. The lowest BCUT2D eigenvalue weighted by molar-refractivity contribution is 0.0595. The second-order valence-corrected chi connectivity index (χ2v) is 6.56. The predicted molar refractivity (Wildman–Crippen MR) is 103 cm³/mol. The number of halogens is 2. The summed E-state index contributed by atoms with van der Waals surface area (Å²) in [7, 11) is 1.18. The monoisotopic (exact) mass is 397 g/mol. The Morgan fingerprint density at radius 1 is 1.14 bits per heavy atom. The SMILES string of the molecule is COC(=O)c1cc2c(oc1=O)-c1ccc(Cl)cc1C(c1ccccc1F)=NC2. The van der Waals surface area contributed by atoms with Gasteiger partial charge in [-0.25, -0.2) is 14.0 Å². The summed E-state index contributed by atoms with van der Waals surface area (Å²) in [5.74, 6) is -0.968. The molecular formula is C21H13ClFNO4. The Bertz CT molecular complexity index is 1200. The Hall–Kier alpha value is -3.25. The van der Waals surface area contributed by atoms with Crippen molar-refractivity contribution < 1.29 is 18.3 Å². The zero-order valence-corrected chi connectivity index (χ0v) is 15.4. The van der Waals surface area contributed by atoms with Crippen LogP contribution < -0.4 is 5.63 Å². The first-order chi connectivity index (χ1) is 13.5. The normalized spacial score (nSPS) is 12.5. The fourth-order valence-corrected chi connectivity index (χ4v) is 3.32. The van der Waals surface area contributed by atoms with E-state index in [1.165, 1.54) is 19.2 Å². The highest BCUT2D eigenvalue weighted by molar-refractivity contribution is 6.31. The maximum Gasteiger partial charge on any atom is 0.351 e. The van der Waals surface area contributed by atoms with Crippen LogP contribution in [0.2, 0.25) is 5.02 Å². The van der Waals surface area contributed by atoms with E-state index >= 15 is 0 Å². The molecule has 5 nitrogen and oxygen atoms in total. The second kappa shape index (κ2) is 7.05. The van der Waals surface area contributed by atoms with Crippen LogP contribution in [0.4, 0.5) is 4.39 Å². The molecule has 140 valence electrons. The van der Waals surface area contributed by atoms with Crippen molar-refractivity contribution in [2.24, 2.45) is 4.99 Å². The molecule has 0 saturated carbocycles. The second-order valence-electron chi connectivity index (χ2n) is 6.13. The summed E-state index contributed by atoms with van der Waals surface area (Å²) in [6.45, 7) is 0.0824. The predicted octanol–water partition coefficient (Wildman–Crippen LogP) is 4.24. The van der Waals surface area contributed by atoms with Gasteiger partial charge in [0.15, 0.2) is 0 Å². The summed E-state index contributed by atoms with van der Waals surface area (Å²) in [6.07, 6.45) is 0. The minimum absolute atomic E-state index is 0.0824. The number of esters is 1. The first-order valence-electron chi connectivity index (χ1n) is 8.34. The molecule has 0 amide bonds. The molecular weight excluding hydrogens is 385 g/mol. The number of methoxy groups -OCH3 is 1. The first kappa shape index (κ1) is 18.1. The van der Waals surface area contributed by atoms with Gasteiger partial charge in [0.2, 0.25) is 0 Å². The van der Waals surface area contributed by atoms with Crippen LogP contribution in [0.1, 0.15) is 27.0 Å². The molecule has 2 heterocycles. The van der Waals surface area contributed by atoms with Crippen molar-refractivity contribution in [1.82, 2.24) is 0 Å². The molecule has 0 radical (unpaired) electrons. The van der Waals surface area contributed by atoms with E-state index in [0.717, 1.165) is 0 Å². The van der Waals surface area contributed by atoms with Crippen molar-refractivity contribution in [3.8, 4) is 11.3 Å². The largest absolute Gasteiger partial charge is 0.465 e. The third kappa shape index (κ3) is 3.01. The maximum absolute atomic E-state index is 14.5. The molecule has 2 aromatic carbocycles. The summed E-state index contributed by atoms with van der Waals surface area (Å²) in [4.78, 5) is 28.7. The molecule has 28 heavy (non-hydrogen) atoms. The van der Waals surface area contributed by atoms with Crippen LogP contribution in [0.25, 0.3) is 11.3 Å². The molecule has 1 aliphatic rings. The molecule has 0 unspecified atom stereocenters. The van der Waals surface area contributed by atoms with Crippen molar-refractivity contribution in [3.63, 3.8) is 0 Å². The lowest BCUT2D eigenvalue weighted by atomic mass is 9.95. The summed E-state index contributed by atoms with van der Waals surface area (Å²) < 4.78 is 24.5. The zero-order chi connectivity index (χ0) is 19.8. The van der Waals surface area contributed by atoms with E-state index in [1.807, 2.05) is 0 Å². The van der Waals surface area contributed by atoms with Crippen LogP contribution in [-0.4, -0.2) is 18.8 Å². The van der Waals surface area contributed by atoms with E-state index in [4.69, 9.17) is 16.0 Å². The quantitative estimate of drug-likeness (QED) is 0.606. The van der Waals surface area contributed by atoms with Gasteiger partial charge >= 0.3 is 11.6 Å². The molecule has 1 aliphatic heterocycles. The fourth-order valence-electron chi connectivity index (χ4n) is 3.15. The highest BCUT2D eigenvalue weighted by Crippen LogP contribution is 2.34. The summed E-state index contributed by atoms with van der Waals surface area (Å²) in [5.41, 5.74) is 1.22. The highest BCUT2D eigenvalue weighted by atomic mass is 35.5. The van der Waals surface area contributed by atoms with Gasteiger partial charge in [-0.2, -0.15) is 0 Å². The van der Waals surface area contributed by atoms with Gasteiger partial charge in [0.05, 0.1) is 19.4 Å². The number of aliphatic imine (C=N–C) groups is 1. The smallest absolute Gasteiger partial charge is 0.351 e. The lowest BCUT2D eigenvalue weighted by Gasteiger charge is -2.11. The number of benzene rings is 2. The van der Waals surface area contributed by atoms with E-state index in [2.05, 4.69) is 9.73 Å². The minimum Gasteiger partial charge on any atom is -0.465 e. The summed E-state index contributed by atoms with van der Waals surface area (Å²) in [5, 5.41) is 0.430. The zero-order valence-electron chi connectivity index (χ0n) is 14.7. The average molecular weight is 398 g/mol. The van der Waals surface area contributed by atoms with Gasteiger partial charge in [0, 0.05) is 27.3 Å². The number of ether oxygens (including phenoxy) is 1. The molecule has 0 N–H and O–H groups in total. The molecule has 7 heteroatoms. The summed E-state index contributed by atoms with van der Waals surface area (Å²) in [6, 6.07) is 12.6. The summed E-state index contributed by atoms with van der Waals surface area (Å²) >= 11 is 6.16. The number of hydrogen-bond donors (Lipinski definition) is 0. The van der Waals surface area contributed by atoms with Gasteiger partial charge in [-0.1, -0.05) is 23.7 Å². The lowest BCUT2D eigenvalue weighted by Crippen LogP contribution is -2.16. The van der Waals surface area contributed by atoms with Crippen LogP contribution in [-0.2, 0) is 11.3 Å². The van der Waals surface area contributed by atoms with E-state index in [1.54, 1.807) is 36.4 Å². The topological polar surface area (TPSA) is 68.9 Å². The number of carbonyl (C=O) groups excluding carboxylic acids is 1. The number of carbonyl (C=O) groups is 1. The van der Waals surface area contributed by atoms with Gasteiger partial charge < -0.3 is 9.15 Å². The molecule has 4 rings (SSSR count). The Labute approximate surface area is 164 Å². The number of fused-ring (bicyclic) bond motifs is 3. The van der Waals surface area contributed by atoms with E-state index in [9.17, 15) is 14.0 Å². The third-order valence-electron chi connectivity index (χ3n) is 4.45. The standard InChI is InChI=1S/C21H13ClFNO4/c1-27-20(25)16-8-11-10-24-18(14-4-2-3-5-17(14)23)15-9-12(22)6-7-13(15)19(11)28-21(16)26/h2-9H,10H2,1H3. The Kier molecular flexibility index (Phi) is 4.57. The molecule has 0 bridgehead atoms. The van der Waals surface area contributed by atoms with Crippen molar-refractivity contribution in [1.29, 1.82) is 0 Å². The molecule has 1 aromatic heterocycles.